The summed E-state index contributed by atoms with van der Waals surface area (Å²) in [7, 11) is 0. The minimum Gasteiger partial charge on any atom is -0.307 e. The first-order chi connectivity index (χ1) is 7.16. The van der Waals surface area contributed by atoms with Crippen molar-refractivity contribution in [3.63, 3.8) is 0 Å². The average Bonchev–Trinajstić information content (AvgIpc) is 2.59. The Balaban J connectivity index is 0.000000531. The molecule has 2 nitrogen and oxygen atoms in total. The summed E-state index contributed by atoms with van der Waals surface area (Å²) in [6.07, 6.45) is 4.12. The summed E-state index contributed by atoms with van der Waals surface area (Å²) < 4.78 is 2.06. The van der Waals surface area contributed by atoms with Crippen LogP contribution in [0.25, 0.3) is 5.65 Å². The molecule has 0 aliphatic rings. The SMILES string of the molecule is CC.Cc1cn2ccc(C(C)C)cc2n1. The average molecular weight is 204 g/mol. The Morgan fingerprint density at radius 1 is 1.27 bits per heavy atom. The van der Waals surface area contributed by atoms with Gasteiger partial charge in [0.2, 0.25) is 0 Å². The highest BCUT2D eigenvalue weighted by Gasteiger charge is 2.01. The summed E-state index contributed by atoms with van der Waals surface area (Å²) in [6.45, 7) is 10.4. The lowest BCUT2D eigenvalue weighted by molar-refractivity contribution is 0.863. The summed E-state index contributed by atoms with van der Waals surface area (Å²) in [5.41, 5.74) is 3.46. The van der Waals surface area contributed by atoms with Crippen molar-refractivity contribution in [3.05, 3.63) is 35.8 Å². The van der Waals surface area contributed by atoms with Crippen molar-refractivity contribution in [3.8, 4) is 0 Å². The van der Waals surface area contributed by atoms with Crippen LogP contribution in [0.2, 0.25) is 0 Å². The standard InChI is InChI=1S/C11H14N2.C2H6/c1-8(2)10-4-5-13-7-9(3)12-11(13)6-10;1-2/h4-8H,1-3H3;1-2H3. The third-order valence-corrected chi connectivity index (χ3v) is 2.27. The van der Waals surface area contributed by atoms with Crippen molar-refractivity contribution in [2.45, 2.75) is 40.5 Å². The van der Waals surface area contributed by atoms with Crippen LogP contribution < -0.4 is 0 Å². The first-order valence-electron chi connectivity index (χ1n) is 5.62. The zero-order valence-corrected chi connectivity index (χ0v) is 10.3. The molecule has 2 heterocycles. The lowest BCUT2D eigenvalue weighted by atomic mass is 10.1. The zero-order chi connectivity index (χ0) is 11.4. The van der Waals surface area contributed by atoms with Crippen molar-refractivity contribution in [2.75, 3.05) is 0 Å². The molecule has 0 fully saturated rings. The van der Waals surface area contributed by atoms with Gasteiger partial charge in [-0.1, -0.05) is 27.7 Å². The summed E-state index contributed by atoms with van der Waals surface area (Å²) in [6, 6.07) is 4.30. The van der Waals surface area contributed by atoms with Crippen molar-refractivity contribution in [1.29, 1.82) is 0 Å². The van der Waals surface area contributed by atoms with Gasteiger partial charge in [-0.05, 0) is 30.5 Å². The molecule has 0 saturated carbocycles. The van der Waals surface area contributed by atoms with Gasteiger partial charge < -0.3 is 4.40 Å². The maximum absolute atomic E-state index is 4.42. The highest BCUT2D eigenvalue weighted by molar-refractivity contribution is 5.43. The van der Waals surface area contributed by atoms with Crippen molar-refractivity contribution in [1.82, 2.24) is 9.38 Å². The molecule has 2 aromatic heterocycles. The van der Waals surface area contributed by atoms with E-state index < -0.39 is 0 Å². The molecule has 15 heavy (non-hydrogen) atoms. The fourth-order valence-corrected chi connectivity index (χ4v) is 1.48. The first-order valence-corrected chi connectivity index (χ1v) is 5.62. The molecular formula is C13H20N2. The largest absolute Gasteiger partial charge is 0.307 e. The number of imidazole rings is 1. The van der Waals surface area contributed by atoms with Crippen LogP contribution in [0.4, 0.5) is 0 Å². The van der Waals surface area contributed by atoms with E-state index in [1.54, 1.807) is 0 Å². The molecule has 82 valence electrons. The Morgan fingerprint density at radius 2 is 1.93 bits per heavy atom. The van der Waals surface area contributed by atoms with Gasteiger partial charge in [0.05, 0.1) is 5.69 Å². The van der Waals surface area contributed by atoms with Crippen LogP contribution in [-0.4, -0.2) is 9.38 Å². The number of hydrogen-bond donors (Lipinski definition) is 0. The highest BCUT2D eigenvalue weighted by atomic mass is 15.0. The fourth-order valence-electron chi connectivity index (χ4n) is 1.48. The van der Waals surface area contributed by atoms with Gasteiger partial charge in [0, 0.05) is 12.4 Å². The first kappa shape index (κ1) is 11.8. The summed E-state index contributed by atoms with van der Waals surface area (Å²) in [5, 5.41) is 0. The molecule has 0 aliphatic heterocycles. The topological polar surface area (TPSA) is 17.3 Å². The fraction of sp³-hybridized carbons (Fsp3) is 0.462. The maximum atomic E-state index is 4.42. The predicted octanol–water partition coefficient (Wildman–Crippen LogP) is 3.79. The monoisotopic (exact) mass is 204 g/mol. The Bertz CT molecular complexity index is 427. The minimum atomic E-state index is 0.571. The second-order valence-electron chi connectivity index (χ2n) is 3.76. The van der Waals surface area contributed by atoms with Crippen LogP contribution in [0.3, 0.4) is 0 Å². The summed E-state index contributed by atoms with van der Waals surface area (Å²) in [5.74, 6) is 0.571. The molecule has 2 heteroatoms. The number of hydrogen-bond acceptors (Lipinski definition) is 1. The van der Waals surface area contributed by atoms with Crippen LogP contribution in [0.5, 0.6) is 0 Å². The van der Waals surface area contributed by atoms with Crippen LogP contribution in [0, 0.1) is 6.92 Å². The van der Waals surface area contributed by atoms with E-state index in [-0.39, 0.29) is 0 Å². The molecule has 0 radical (unpaired) electrons. The van der Waals surface area contributed by atoms with Gasteiger partial charge in [-0.2, -0.15) is 0 Å². The quantitative estimate of drug-likeness (QED) is 0.690. The molecule has 0 unspecified atom stereocenters. The van der Waals surface area contributed by atoms with Gasteiger partial charge >= 0.3 is 0 Å². The molecule has 0 bridgehead atoms. The van der Waals surface area contributed by atoms with Crippen molar-refractivity contribution < 1.29 is 0 Å². The third kappa shape index (κ3) is 2.58. The number of aromatic nitrogens is 2. The van der Waals surface area contributed by atoms with E-state index >= 15 is 0 Å². The molecule has 2 aromatic rings. The second kappa shape index (κ2) is 4.96. The van der Waals surface area contributed by atoms with E-state index in [4.69, 9.17) is 0 Å². The predicted molar refractivity (Wildman–Crippen MR) is 65.4 cm³/mol. The molecule has 0 amide bonds. The number of fused-ring (bicyclic) bond motifs is 1. The Kier molecular flexibility index (Phi) is 3.89. The smallest absolute Gasteiger partial charge is 0.137 e. The number of aryl methyl sites for hydroxylation is 1. The third-order valence-electron chi connectivity index (χ3n) is 2.27. The molecule has 0 spiro atoms. The highest BCUT2D eigenvalue weighted by Crippen LogP contribution is 2.15. The van der Waals surface area contributed by atoms with E-state index in [2.05, 4.69) is 41.6 Å². The van der Waals surface area contributed by atoms with E-state index in [1.807, 2.05) is 27.0 Å². The van der Waals surface area contributed by atoms with E-state index in [1.165, 1.54) is 5.56 Å². The minimum absolute atomic E-state index is 0.571. The Labute approximate surface area is 92.0 Å². The molecule has 0 saturated heterocycles. The van der Waals surface area contributed by atoms with Gasteiger partial charge in [0.15, 0.2) is 0 Å². The molecular weight excluding hydrogens is 184 g/mol. The zero-order valence-electron chi connectivity index (χ0n) is 10.3. The Hall–Kier alpha value is -1.31. The van der Waals surface area contributed by atoms with Gasteiger partial charge in [-0.3, -0.25) is 0 Å². The van der Waals surface area contributed by atoms with Crippen molar-refractivity contribution >= 4 is 5.65 Å². The van der Waals surface area contributed by atoms with Crippen molar-refractivity contribution in [2.24, 2.45) is 0 Å². The lowest BCUT2D eigenvalue weighted by Gasteiger charge is -2.04. The van der Waals surface area contributed by atoms with E-state index in [9.17, 15) is 0 Å². The van der Waals surface area contributed by atoms with Crippen LogP contribution in [0.15, 0.2) is 24.5 Å². The van der Waals surface area contributed by atoms with Gasteiger partial charge in [0.1, 0.15) is 5.65 Å². The normalized spacial score (nSPS) is 10.3. The van der Waals surface area contributed by atoms with Crippen LogP contribution in [0.1, 0.15) is 44.9 Å². The molecule has 0 aromatic carbocycles. The second-order valence-corrected chi connectivity index (χ2v) is 3.76. The van der Waals surface area contributed by atoms with Crippen LogP contribution >= 0.6 is 0 Å². The van der Waals surface area contributed by atoms with Gasteiger partial charge in [0.25, 0.3) is 0 Å². The Morgan fingerprint density at radius 3 is 2.53 bits per heavy atom. The molecule has 0 N–H and O–H groups in total. The van der Waals surface area contributed by atoms with E-state index in [0.717, 1.165) is 11.3 Å². The molecule has 0 aliphatic carbocycles. The van der Waals surface area contributed by atoms with E-state index in [0.29, 0.717) is 5.92 Å². The molecule has 2 rings (SSSR count). The van der Waals surface area contributed by atoms with Gasteiger partial charge in [-0.25, -0.2) is 4.98 Å². The lowest BCUT2D eigenvalue weighted by Crippen LogP contribution is -1.90. The number of nitrogens with zero attached hydrogens (tertiary/aromatic N) is 2. The molecule has 0 atom stereocenters. The van der Waals surface area contributed by atoms with Gasteiger partial charge in [-0.15, -0.1) is 0 Å². The maximum Gasteiger partial charge on any atom is 0.137 e. The summed E-state index contributed by atoms with van der Waals surface area (Å²) >= 11 is 0. The van der Waals surface area contributed by atoms with Crippen LogP contribution in [-0.2, 0) is 0 Å². The summed E-state index contributed by atoms with van der Waals surface area (Å²) in [4.78, 5) is 4.42. The number of pyridine rings is 1. The number of rotatable bonds is 1.